The fourth-order valence-electron chi connectivity index (χ4n) is 2.55. The zero-order valence-electron chi connectivity index (χ0n) is 11.7. The van der Waals surface area contributed by atoms with E-state index in [4.69, 9.17) is 9.47 Å². The Hall–Kier alpha value is -0.0800. The fraction of sp³-hybridized carbons (Fsp3) is 1.00. The van der Waals surface area contributed by atoms with Gasteiger partial charge in [0.15, 0.2) is 6.29 Å². The average molecular weight is 242 g/mol. The molecule has 0 aromatic carbocycles. The second-order valence-electron chi connectivity index (χ2n) is 5.22. The summed E-state index contributed by atoms with van der Waals surface area (Å²) >= 11 is 0. The van der Waals surface area contributed by atoms with Crippen LogP contribution in [-0.2, 0) is 9.47 Å². The van der Waals surface area contributed by atoms with Crippen LogP contribution in [0.2, 0.25) is 0 Å². The molecule has 1 saturated carbocycles. The van der Waals surface area contributed by atoms with Crippen LogP contribution < -0.4 is 0 Å². The molecule has 0 N–H and O–H groups in total. The molecule has 1 rings (SSSR count). The zero-order chi connectivity index (χ0) is 12.3. The van der Waals surface area contributed by atoms with Crippen molar-refractivity contribution < 1.29 is 9.47 Å². The Labute approximate surface area is 107 Å². The van der Waals surface area contributed by atoms with E-state index in [1.54, 1.807) is 0 Å². The molecule has 0 unspecified atom stereocenters. The van der Waals surface area contributed by atoms with Gasteiger partial charge in [-0.15, -0.1) is 0 Å². The van der Waals surface area contributed by atoms with Crippen LogP contribution in [0.15, 0.2) is 0 Å². The topological polar surface area (TPSA) is 18.5 Å². The normalized spacial score (nSPS) is 19.2. The highest BCUT2D eigenvalue weighted by Crippen LogP contribution is 2.27. The van der Waals surface area contributed by atoms with Gasteiger partial charge in [-0.1, -0.05) is 46.0 Å². The van der Waals surface area contributed by atoms with Gasteiger partial charge in [0, 0.05) is 19.1 Å². The minimum Gasteiger partial charge on any atom is -0.352 e. The lowest BCUT2D eigenvalue weighted by Crippen LogP contribution is -2.28. The molecule has 0 saturated heterocycles. The highest BCUT2D eigenvalue weighted by atomic mass is 16.7. The summed E-state index contributed by atoms with van der Waals surface area (Å²) in [7, 11) is 0. The third-order valence-electron chi connectivity index (χ3n) is 3.51. The molecular weight excluding hydrogens is 212 g/mol. The molecule has 102 valence electrons. The largest absolute Gasteiger partial charge is 0.352 e. The van der Waals surface area contributed by atoms with E-state index in [0.717, 1.165) is 26.1 Å². The van der Waals surface area contributed by atoms with Crippen LogP contribution in [0.5, 0.6) is 0 Å². The van der Waals surface area contributed by atoms with Crippen LogP contribution in [0.4, 0.5) is 0 Å². The molecule has 0 atom stereocenters. The average Bonchev–Trinajstić information content (AvgIpc) is 2.30. The molecule has 1 aliphatic rings. The molecule has 17 heavy (non-hydrogen) atoms. The molecule has 2 nitrogen and oxygen atoms in total. The maximum atomic E-state index is 5.91. The lowest BCUT2D eigenvalue weighted by molar-refractivity contribution is -0.176. The fourth-order valence-corrected chi connectivity index (χ4v) is 2.55. The Kier molecular flexibility index (Phi) is 8.72. The summed E-state index contributed by atoms with van der Waals surface area (Å²) in [5.74, 6) is 0.633. The van der Waals surface area contributed by atoms with Crippen LogP contribution in [0, 0.1) is 5.92 Å². The van der Waals surface area contributed by atoms with Crippen molar-refractivity contribution in [1.29, 1.82) is 0 Å². The van der Waals surface area contributed by atoms with Crippen molar-refractivity contribution in [3.05, 3.63) is 0 Å². The first-order valence-corrected chi connectivity index (χ1v) is 7.61. The first-order chi connectivity index (χ1) is 8.38. The molecular formula is C15H30O2. The molecule has 0 heterocycles. The van der Waals surface area contributed by atoms with Gasteiger partial charge < -0.3 is 9.47 Å². The molecule has 0 aromatic heterocycles. The minimum absolute atomic E-state index is 0.0630. The number of hydrogen-bond donors (Lipinski definition) is 0. The Morgan fingerprint density at radius 3 is 1.76 bits per heavy atom. The van der Waals surface area contributed by atoms with Crippen molar-refractivity contribution in [2.45, 2.75) is 77.9 Å². The van der Waals surface area contributed by atoms with E-state index in [1.807, 2.05) is 0 Å². The lowest BCUT2D eigenvalue weighted by Gasteiger charge is -2.28. The second-order valence-corrected chi connectivity index (χ2v) is 5.22. The quantitative estimate of drug-likeness (QED) is 0.611. The molecule has 2 heteroatoms. The minimum atomic E-state index is 0.0630. The van der Waals surface area contributed by atoms with Crippen LogP contribution in [-0.4, -0.2) is 19.5 Å². The first-order valence-electron chi connectivity index (χ1n) is 7.61. The van der Waals surface area contributed by atoms with Crippen molar-refractivity contribution in [2.24, 2.45) is 5.92 Å². The van der Waals surface area contributed by atoms with Crippen molar-refractivity contribution in [2.75, 3.05) is 13.2 Å². The van der Waals surface area contributed by atoms with Gasteiger partial charge in [-0.3, -0.25) is 0 Å². The molecule has 0 spiro atoms. The summed E-state index contributed by atoms with van der Waals surface area (Å²) in [6.45, 7) is 6.00. The summed E-state index contributed by atoms with van der Waals surface area (Å²) in [6.07, 6.45) is 11.7. The number of hydrogen-bond acceptors (Lipinski definition) is 2. The maximum Gasteiger partial charge on any atom is 0.160 e. The Balaban J connectivity index is 2.39. The van der Waals surface area contributed by atoms with Crippen molar-refractivity contribution in [3.8, 4) is 0 Å². The van der Waals surface area contributed by atoms with E-state index in [2.05, 4.69) is 13.8 Å². The zero-order valence-corrected chi connectivity index (χ0v) is 11.7. The van der Waals surface area contributed by atoms with E-state index in [9.17, 15) is 0 Å². The van der Waals surface area contributed by atoms with Gasteiger partial charge in [0.1, 0.15) is 0 Å². The van der Waals surface area contributed by atoms with E-state index in [-0.39, 0.29) is 6.29 Å². The van der Waals surface area contributed by atoms with Gasteiger partial charge in [0.05, 0.1) is 0 Å². The Bertz CT molecular complexity index is 154. The second kappa shape index (κ2) is 9.90. The predicted octanol–water partition coefficient (Wildman–Crippen LogP) is 4.53. The van der Waals surface area contributed by atoms with Crippen LogP contribution in [0.25, 0.3) is 0 Å². The maximum absolute atomic E-state index is 5.91. The van der Waals surface area contributed by atoms with E-state index < -0.39 is 0 Å². The molecule has 1 fully saturated rings. The Morgan fingerprint density at radius 2 is 1.29 bits per heavy atom. The van der Waals surface area contributed by atoms with Gasteiger partial charge in [-0.25, -0.2) is 0 Å². The van der Waals surface area contributed by atoms with Crippen molar-refractivity contribution in [3.63, 3.8) is 0 Å². The summed E-state index contributed by atoms with van der Waals surface area (Å²) < 4.78 is 11.8. The Morgan fingerprint density at radius 1 is 0.824 bits per heavy atom. The van der Waals surface area contributed by atoms with Crippen LogP contribution >= 0.6 is 0 Å². The van der Waals surface area contributed by atoms with E-state index >= 15 is 0 Å². The first kappa shape index (κ1) is 15.0. The summed E-state index contributed by atoms with van der Waals surface area (Å²) in [5, 5.41) is 0. The summed E-state index contributed by atoms with van der Waals surface area (Å²) in [4.78, 5) is 0. The molecule has 0 aliphatic heterocycles. The van der Waals surface area contributed by atoms with Crippen LogP contribution in [0.3, 0.4) is 0 Å². The molecule has 0 bridgehead atoms. The molecule has 0 radical (unpaired) electrons. The third kappa shape index (κ3) is 6.42. The monoisotopic (exact) mass is 242 g/mol. The molecule has 0 aromatic rings. The van der Waals surface area contributed by atoms with Crippen molar-refractivity contribution in [1.82, 2.24) is 0 Å². The van der Waals surface area contributed by atoms with Crippen LogP contribution in [0.1, 0.15) is 71.6 Å². The smallest absolute Gasteiger partial charge is 0.160 e. The van der Waals surface area contributed by atoms with E-state index in [0.29, 0.717) is 5.92 Å². The van der Waals surface area contributed by atoms with Crippen molar-refractivity contribution >= 4 is 0 Å². The lowest BCUT2D eigenvalue weighted by atomic mass is 9.90. The van der Waals surface area contributed by atoms with Gasteiger partial charge >= 0.3 is 0 Å². The molecule has 1 aliphatic carbocycles. The summed E-state index contributed by atoms with van der Waals surface area (Å²) in [6, 6.07) is 0. The van der Waals surface area contributed by atoms with Gasteiger partial charge in [-0.2, -0.15) is 0 Å². The SMILES string of the molecule is CCCOC(OCCC)C1CCCCCCC1. The number of rotatable bonds is 7. The third-order valence-corrected chi connectivity index (χ3v) is 3.51. The molecule has 0 amide bonds. The van der Waals surface area contributed by atoms with Gasteiger partial charge in [0.25, 0.3) is 0 Å². The highest BCUT2D eigenvalue weighted by molar-refractivity contribution is 4.67. The summed E-state index contributed by atoms with van der Waals surface area (Å²) in [5.41, 5.74) is 0. The number of ether oxygens (including phenoxy) is 2. The highest BCUT2D eigenvalue weighted by Gasteiger charge is 2.23. The van der Waals surface area contributed by atoms with Gasteiger partial charge in [0.2, 0.25) is 0 Å². The standard InChI is InChI=1S/C15H30O2/c1-3-12-16-15(17-13-4-2)14-10-8-6-5-7-9-11-14/h14-15H,3-13H2,1-2H3. The van der Waals surface area contributed by atoms with E-state index in [1.165, 1.54) is 44.9 Å². The van der Waals surface area contributed by atoms with Gasteiger partial charge in [-0.05, 0) is 25.7 Å². The predicted molar refractivity (Wildman–Crippen MR) is 72.1 cm³/mol.